The zero-order valence-corrected chi connectivity index (χ0v) is 15.7. The summed E-state index contributed by atoms with van der Waals surface area (Å²) >= 11 is 0. The first-order valence-corrected chi connectivity index (χ1v) is 9.42. The number of likely N-dealkylation sites (tertiary alicyclic amines) is 2. The second-order valence-electron chi connectivity index (χ2n) is 7.45. The molecule has 3 rings (SSSR count). The molecule has 0 N–H and O–H groups in total. The summed E-state index contributed by atoms with van der Waals surface area (Å²) in [6, 6.07) is 0. The van der Waals surface area contributed by atoms with Gasteiger partial charge in [0.15, 0.2) is 0 Å². The van der Waals surface area contributed by atoms with E-state index in [-0.39, 0.29) is 23.8 Å². The fourth-order valence-electron chi connectivity index (χ4n) is 3.98. The standard InChI is InChI=1S/C19H28N4O3/c1-3-26-12-18(25)22-8-4-6-19(13-22)7-5-17(24)23(14-19)11-16-10-20-15(2)9-21-16/h9-10H,3-8,11-14H2,1-2H3/t19-/m0/s1. The molecule has 0 radical (unpaired) electrons. The lowest BCUT2D eigenvalue weighted by Gasteiger charge is -2.48. The fraction of sp³-hybridized carbons (Fsp3) is 0.684. The average molecular weight is 360 g/mol. The number of carbonyl (C=O) groups excluding carboxylic acids is 2. The van der Waals surface area contributed by atoms with Crippen molar-refractivity contribution in [2.75, 3.05) is 32.8 Å². The van der Waals surface area contributed by atoms with Crippen LogP contribution in [0, 0.1) is 12.3 Å². The summed E-state index contributed by atoms with van der Waals surface area (Å²) < 4.78 is 5.28. The maximum absolute atomic E-state index is 12.4. The highest BCUT2D eigenvalue weighted by Gasteiger charge is 2.42. The Hall–Kier alpha value is -2.02. The largest absolute Gasteiger partial charge is 0.372 e. The van der Waals surface area contributed by atoms with Gasteiger partial charge < -0.3 is 14.5 Å². The normalized spacial score (nSPS) is 23.5. The lowest BCUT2D eigenvalue weighted by atomic mass is 9.73. The maximum atomic E-state index is 12.4. The Balaban J connectivity index is 1.66. The molecule has 1 spiro atoms. The van der Waals surface area contributed by atoms with Gasteiger partial charge in [0.2, 0.25) is 11.8 Å². The molecule has 2 saturated heterocycles. The number of hydrogen-bond donors (Lipinski definition) is 0. The summed E-state index contributed by atoms with van der Waals surface area (Å²) in [5.74, 6) is 0.217. The predicted molar refractivity (Wildman–Crippen MR) is 96.2 cm³/mol. The molecule has 1 aromatic heterocycles. The van der Waals surface area contributed by atoms with E-state index in [1.807, 2.05) is 23.6 Å². The Kier molecular flexibility index (Phi) is 5.86. The minimum Gasteiger partial charge on any atom is -0.372 e. The summed E-state index contributed by atoms with van der Waals surface area (Å²) in [4.78, 5) is 37.2. The van der Waals surface area contributed by atoms with Crippen LogP contribution >= 0.6 is 0 Å². The lowest BCUT2D eigenvalue weighted by Crippen LogP contribution is -2.55. The van der Waals surface area contributed by atoms with Crippen molar-refractivity contribution in [2.45, 2.75) is 46.1 Å². The number of piperidine rings is 2. The smallest absolute Gasteiger partial charge is 0.248 e. The summed E-state index contributed by atoms with van der Waals surface area (Å²) in [6.45, 7) is 7.14. The van der Waals surface area contributed by atoms with Crippen LogP contribution in [0.25, 0.3) is 0 Å². The van der Waals surface area contributed by atoms with Crippen LogP contribution in [-0.4, -0.2) is 64.4 Å². The number of hydrogen-bond acceptors (Lipinski definition) is 5. The molecule has 0 saturated carbocycles. The van der Waals surface area contributed by atoms with E-state index in [9.17, 15) is 9.59 Å². The quantitative estimate of drug-likeness (QED) is 0.796. The predicted octanol–water partition coefficient (Wildman–Crippen LogP) is 1.55. The summed E-state index contributed by atoms with van der Waals surface area (Å²) in [5.41, 5.74) is 1.67. The third kappa shape index (κ3) is 4.38. The van der Waals surface area contributed by atoms with Crippen LogP contribution in [0.5, 0.6) is 0 Å². The van der Waals surface area contributed by atoms with Crippen LogP contribution < -0.4 is 0 Å². The first-order valence-electron chi connectivity index (χ1n) is 9.42. The van der Waals surface area contributed by atoms with E-state index in [1.165, 1.54) is 0 Å². The van der Waals surface area contributed by atoms with E-state index in [0.29, 0.717) is 32.7 Å². The van der Waals surface area contributed by atoms with E-state index in [0.717, 1.165) is 37.2 Å². The number of rotatable bonds is 5. The molecule has 3 heterocycles. The second-order valence-corrected chi connectivity index (χ2v) is 7.45. The molecule has 2 fully saturated rings. The molecule has 7 heteroatoms. The molecule has 7 nitrogen and oxygen atoms in total. The highest BCUT2D eigenvalue weighted by Crippen LogP contribution is 2.39. The molecule has 1 atom stereocenters. The first kappa shape index (κ1) is 18.8. The van der Waals surface area contributed by atoms with E-state index in [1.54, 1.807) is 12.4 Å². The number of ether oxygens (including phenoxy) is 1. The van der Waals surface area contributed by atoms with Gasteiger partial charge in [-0.1, -0.05) is 0 Å². The van der Waals surface area contributed by atoms with Crippen molar-refractivity contribution in [3.8, 4) is 0 Å². The monoisotopic (exact) mass is 360 g/mol. The zero-order chi connectivity index (χ0) is 18.6. The van der Waals surface area contributed by atoms with Gasteiger partial charge in [-0.25, -0.2) is 0 Å². The minimum absolute atomic E-state index is 0.00778. The van der Waals surface area contributed by atoms with Crippen LogP contribution in [0.1, 0.15) is 44.0 Å². The van der Waals surface area contributed by atoms with Crippen molar-refractivity contribution in [1.82, 2.24) is 19.8 Å². The third-order valence-electron chi connectivity index (χ3n) is 5.38. The molecule has 1 aromatic rings. The maximum Gasteiger partial charge on any atom is 0.248 e. The van der Waals surface area contributed by atoms with Crippen molar-refractivity contribution in [2.24, 2.45) is 5.41 Å². The highest BCUT2D eigenvalue weighted by atomic mass is 16.5. The second kappa shape index (κ2) is 8.12. The van der Waals surface area contributed by atoms with Gasteiger partial charge >= 0.3 is 0 Å². The average Bonchev–Trinajstić information content (AvgIpc) is 2.65. The fourth-order valence-corrected chi connectivity index (χ4v) is 3.98. The Morgan fingerprint density at radius 2 is 2.12 bits per heavy atom. The van der Waals surface area contributed by atoms with Crippen LogP contribution in [-0.2, 0) is 20.9 Å². The molecular weight excluding hydrogens is 332 g/mol. The first-order chi connectivity index (χ1) is 12.5. The number of carbonyl (C=O) groups is 2. The van der Waals surface area contributed by atoms with Crippen molar-refractivity contribution in [1.29, 1.82) is 0 Å². The Morgan fingerprint density at radius 1 is 1.27 bits per heavy atom. The minimum atomic E-state index is -0.00778. The van der Waals surface area contributed by atoms with Crippen LogP contribution in [0.15, 0.2) is 12.4 Å². The molecule has 2 aliphatic heterocycles. The van der Waals surface area contributed by atoms with Gasteiger partial charge in [0.1, 0.15) is 6.61 Å². The summed E-state index contributed by atoms with van der Waals surface area (Å²) in [5, 5.41) is 0. The highest BCUT2D eigenvalue weighted by molar-refractivity contribution is 5.78. The molecule has 2 amide bonds. The zero-order valence-electron chi connectivity index (χ0n) is 15.7. The van der Waals surface area contributed by atoms with Gasteiger partial charge in [-0.3, -0.25) is 19.6 Å². The molecule has 2 aliphatic rings. The Morgan fingerprint density at radius 3 is 2.85 bits per heavy atom. The van der Waals surface area contributed by atoms with E-state index in [4.69, 9.17) is 4.74 Å². The van der Waals surface area contributed by atoms with Gasteiger partial charge in [0.05, 0.1) is 24.1 Å². The third-order valence-corrected chi connectivity index (χ3v) is 5.38. The number of aryl methyl sites for hydroxylation is 1. The summed E-state index contributed by atoms with van der Waals surface area (Å²) in [7, 11) is 0. The number of amides is 2. The van der Waals surface area contributed by atoms with E-state index in [2.05, 4.69) is 9.97 Å². The van der Waals surface area contributed by atoms with Gasteiger partial charge in [-0.05, 0) is 33.1 Å². The van der Waals surface area contributed by atoms with Crippen LogP contribution in [0.4, 0.5) is 0 Å². The van der Waals surface area contributed by atoms with Crippen molar-refractivity contribution < 1.29 is 14.3 Å². The topological polar surface area (TPSA) is 75.6 Å². The molecule has 0 unspecified atom stereocenters. The molecule has 0 bridgehead atoms. The number of nitrogens with zero attached hydrogens (tertiary/aromatic N) is 4. The van der Waals surface area contributed by atoms with Gasteiger partial charge in [0.25, 0.3) is 0 Å². The molecule has 0 aliphatic carbocycles. The van der Waals surface area contributed by atoms with Gasteiger partial charge in [-0.2, -0.15) is 0 Å². The van der Waals surface area contributed by atoms with Crippen LogP contribution in [0.2, 0.25) is 0 Å². The molecule has 0 aromatic carbocycles. The van der Waals surface area contributed by atoms with Crippen molar-refractivity contribution in [3.63, 3.8) is 0 Å². The Bertz CT molecular complexity index is 649. The van der Waals surface area contributed by atoms with Crippen molar-refractivity contribution in [3.05, 3.63) is 23.8 Å². The Labute approximate surface area is 154 Å². The summed E-state index contributed by atoms with van der Waals surface area (Å²) in [6.07, 6.45) is 6.88. The molecule has 142 valence electrons. The number of aromatic nitrogens is 2. The van der Waals surface area contributed by atoms with Crippen LogP contribution in [0.3, 0.4) is 0 Å². The SMILES string of the molecule is CCOCC(=O)N1CCC[C@]2(CCC(=O)N(Cc3cnc(C)cn3)C2)C1. The molecular formula is C19H28N4O3. The van der Waals surface area contributed by atoms with Gasteiger partial charge in [0, 0.05) is 44.3 Å². The van der Waals surface area contributed by atoms with E-state index >= 15 is 0 Å². The van der Waals surface area contributed by atoms with E-state index < -0.39 is 0 Å². The molecule has 26 heavy (non-hydrogen) atoms. The van der Waals surface area contributed by atoms with Crippen molar-refractivity contribution >= 4 is 11.8 Å². The van der Waals surface area contributed by atoms with Gasteiger partial charge in [-0.15, -0.1) is 0 Å². The lowest BCUT2D eigenvalue weighted by molar-refractivity contribution is -0.145.